The van der Waals surface area contributed by atoms with E-state index in [1.165, 1.54) is 0 Å². The fourth-order valence-corrected chi connectivity index (χ4v) is 1.07. The molecule has 0 spiro atoms. The predicted molar refractivity (Wildman–Crippen MR) is 63.2 cm³/mol. The minimum atomic E-state index is -1.19. The van der Waals surface area contributed by atoms with Gasteiger partial charge in [-0.2, -0.15) is 0 Å². The molecule has 1 aromatic carbocycles. The first-order valence-corrected chi connectivity index (χ1v) is 4.95. The SMILES string of the molecule is O=C(O)CO.[Pt].[c-]1ccccc1-c1ccccn1. The number of rotatable bonds is 2. The van der Waals surface area contributed by atoms with Crippen molar-refractivity contribution in [2.24, 2.45) is 0 Å². The van der Waals surface area contributed by atoms with Gasteiger partial charge in [-0.1, -0.05) is 12.1 Å². The molecule has 98 valence electrons. The van der Waals surface area contributed by atoms with E-state index in [4.69, 9.17) is 15.0 Å². The molecule has 1 heterocycles. The van der Waals surface area contributed by atoms with Crippen molar-refractivity contribution in [1.29, 1.82) is 0 Å². The van der Waals surface area contributed by atoms with Crippen LogP contribution in [0.1, 0.15) is 0 Å². The Kier molecular flexibility index (Phi) is 8.71. The van der Waals surface area contributed by atoms with E-state index in [0.29, 0.717) is 0 Å². The number of aliphatic carboxylic acids is 1. The van der Waals surface area contributed by atoms with Crippen LogP contribution >= 0.6 is 0 Å². The second kappa shape index (κ2) is 9.51. The average molecular weight is 425 g/mol. The molecule has 0 radical (unpaired) electrons. The van der Waals surface area contributed by atoms with Crippen LogP contribution in [0.25, 0.3) is 11.3 Å². The van der Waals surface area contributed by atoms with Crippen LogP contribution in [0, 0.1) is 6.07 Å². The molecular weight excluding hydrogens is 413 g/mol. The van der Waals surface area contributed by atoms with Gasteiger partial charge in [0, 0.05) is 27.3 Å². The summed E-state index contributed by atoms with van der Waals surface area (Å²) in [5.41, 5.74) is 2.01. The van der Waals surface area contributed by atoms with Crippen LogP contribution in [0.4, 0.5) is 0 Å². The molecular formula is C13H12NO3Pt-. The van der Waals surface area contributed by atoms with Crippen LogP contribution in [-0.2, 0) is 25.9 Å². The molecule has 18 heavy (non-hydrogen) atoms. The number of benzene rings is 1. The number of aromatic nitrogens is 1. The first-order chi connectivity index (χ1) is 8.24. The molecule has 5 heteroatoms. The third kappa shape index (κ3) is 6.28. The van der Waals surface area contributed by atoms with Gasteiger partial charge in [0.25, 0.3) is 0 Å². The van der Waals surface area contributed by atoms with E-state index < -0.39 is 12.6 Å². The zero-order valence-electron chi connectivity index (χ0n) is 9.39. The Morgan fingerprint density at radius 1 is 1.22 bits per heavy atom. The Labute approximate surface area is 120 Å². The summed E-state index contributed by atoms with van der Waals surface area (Å²) in [5.74, 6) is -1.19. The number of carbonyl (C=O) groups is 1. The van der Waals surface area contributed by atoms with Crippen molar-refractivity contribution in [2.75, 3.05) is 6.61 Å². The molecule has 2 aromatic rings. The number of aliphatic hydroxyl groups excluding tert-OH is 1. The molecule has 0 atom stereocenters. The van der Waals surface area contributed by atoms with E-state index in [0.717, 1.165) is 11.3 Å². The van der Waals surface area contributed by atoms with Gasteiger partial charge in [0.2, 0.25) is 0 Å². The minimum Gasteiger partial charge on any atom is -0.480 e. The van der Waals surface area contributed by atoms with Crippen molar-refractivity contribution in [2.45, 2.75) is 0 Å². The first-order valence-electron chi connectivity index (χ1n) is 4.95. The summed E-state index contributed by atoms with van der Waals surface area (Å²) in [6.07, 6.45) is 1.79. The molecule has 0 saturated heterocycles. The molecule has 1 aromatic heterocycles. The van der Waals surface area contributed by atoms with Crippen LogP contribution in [0.3, 0.4) is 0 Å². The molecule has 0 saturated carbocycles. The van der Waals surface area contributed by atoms with E-state index in [9.17, 15) is 0 Å². The molecule has 0 aliphatic heterocycles. The number of hydrogen-bond donors (Lipinski definition) is 2. The number of hydrogen-bond acceptors (Lipinski definition) is 3. The molecule has 0 amide bonds. The summed E-state index contributed by atoms with van der Waals surface area (Å²) in [5, 5.41) is 15.0. The summed E-state index contributed by atoms with van der Waals surface area (Å²) in [7, 11) is 0. The maximum Gasteiger partial charge on any atom is 0.329 e. The molecule has 0 unspecified atom stereocenters. The maximum atomic E-state index is 9.12. The van der Waals surface area contributed by atoms with E-state index in [-0.39, 0.29) is 21.1 Å². The van der Waals surface area contributed by atoms with Crippen molar-refractivity contribution in [3.05, 3.63) is 54.7 Å². The third-order valence-electron chi connectivity index (χ3n) is 1.79. The number of carboxylic acids is 1. The smallest absolute Gasteiger partial charge is 0.329 e. The molecule has 2 N–H and O–H groups in total. The topological polar surface area (TPSA) is 70.4 Å². The molecule has 0 fully saturated rings. The quantitative estimate of drug-likeness (QED) is 0.718. The van der Waals surface area contributed by atoms with Crippen molar-refractivity contribution in [3.63, 3.8) is 0 Å². The number of carboxylic acid groups (broad SMARTS) is 1. The van der Waals surface area contributed by atoms with Gasteiger partial charge in [-0.3, -0.25) is 0 Å². The molecule has 0 bridgehead atoms. The molecule has 4 nitrogen and oxygen atoms in total. The van der Waals surface area contributed by atoms with Gasteiger partial charge in [0.05, 0.1) is 0 Å². The largest absolute Gasteiger partial charge is 0.480 e. The van der Waals surface area contributed by atoms with Crippen LogP contribution in [0.5, 0.6) is 0 Å². The zero-order chi connectivity index (χ0) is 12.5. The van der Waals surface area contributed by atoms with Crippen LogP contribution < -0.4 is 0 Å². The first kappa shape index (κ1) is 16.5. The molecule has 0 aliphatic rings. The van der Waals surface area contributed by atoms with Gasteiger partial charge in [0.1, 0.15) is 6.61 Å². The van der Waals surface area contributed by atoms with Gasteiger partial charge in [-0.15, -0.1) is 35.9 Å². The second-order valence-corrected chi connectivity index (χ2v) is 3.04. The van der Waals surface area contributed by atoms with E-state index in [1.54, 1.807) is 6.20 Å². The summed E-state index contributed by atoms with van der Waals surface area (Å²) >= 11 is 0. The molecule has 2 rings (SSSR count). The monoisotopic (exact) mass is 425 g/mol. The number of aliphatic hydroxyl groups is 1. The fraction of sp³-hybridized carbons (Fsp3) is 0.0769. The van der Waals surface area contributed by atoms with Crippen LogP contribution in [-0.4, -0.2) is 27.8 Å². The van der Waals surface area contributed by atoms with Gasteiger partial charge < -0.3 is 15.2 Å². The van der Waals surface area contributed by atoms with Crippen molar-refractivity contribution in [3.8, 4) is 11.3 Å². The Bertz CT molecular complexity index is 411. The average Bonchev–Trinajstić information content (AvgIpc) is 2.41. The Hall–Kier alpha value is -1.51. The summed E-state index contributed by atoms with van der Waals surface area (Å²) in [6.45, 7) is -0.778. The van der Waals surface area contributed by atoms with Crippen LogP contribution in [0.2, 0.25) is 0 Å². The van der Waals surface area contributed by atoms with E-state index >= 15 is 0 Å². The zero-order valence-corrected chi connectivity index (χ0v) is 11.7. The van der Waals surface area contributed by atoms with E-state index in [2.05, 4.69) is 11.1 Å². The Balaban J connectivity index is 0.000000421. The van der Waals surface area contributed by atoms with Gasteiger partial charge in [0.15, 0.2) is 0 Å². The van der Waals surface area contributed by atoms with E-state index in [1.807, 2.05) is 42.5 Å². The Morgan fingerprint density at radius 3 is 2.33 bits per heavy atom. The second-order valence-electron chi connectivity index (χ2n) is 3.04. The van der Waals surface area contributed by atoms with Crippen molar-refractivity contribution >= 4 is 5.97 Å². The summed E-state index contributed by atoms with van der Waals surface area (Å²) in [4.78, 5) is 13.3. The number of pyridine rings is 1. The maximum absolute atomic E-state index is 9.12. The van der Waals surface area contributed by atoms with Gasteiger partial charge in [-0.25, -0.2) is 4.79 Å². The normalized spacial score (nSPS) is 8.50. The van der Waals surface area contributed by atoms with Crippen LogP contribution in [0.15, 0.2) is 48.7 Å². The molecule has 0 aliphatic carbocycles. The number of nitrogens with zero attached hydrogens (tertiary/aromatic N) is 1. The van der Waals surface area contributed by atoms with Gasteiger partial charge in [-0.05, 0) is 11.8 Å². The summed E-state index contributed by atoms with van der Waals surface area (Å²) < 4.78 is 0. The summed E-state index contributed by atoms with van der Waals surface area (Å²) in [6, 6.07) is 16.8. The van der Waals surface area contributed by atoms with Crippen molar-refractivity contribution < 1.29 is 36.1 Å². The minimum absolute atomic E-state index is 0. The standard InChI is InChI=1S/C11H8N.C2H4O3.Pt/c1-2-6-10(7-3-1)11-8-4-5-9-12-11;3-1-2(4)5;/h1-6,8-9H;3H,1H2,(H,4,5);/q-1;;. The third-order valence-corrected chi connectivity index (χ3v) is 1.79. The van der Waals surface area contributed by atoms with Gasteiger partial charge >= 0.3 is 5.97 Å². The van der Waals surface area contributed by atoms with Crippen molar-refractivity contribution in [1.82, 2.24) is 4.98 Å². The Morgan fingerprint density at radius 2 is 1.89 bits per heavy atom. The fourth-order valence-electron chi connectivity index (χ4n) is 1.07. The predicted octanol–water partition coefficient (Wildman–Crippen LogP) is 1.61.